The van der Waals surface area contributed by atoms with E-state index in [1.807, 2.05) is 49.4 Å². The molecule has 29 heavy (non-hydrogen) atoms. The summed E-state index contributed by atoms with van der Waals surface area (Å²) in [6.07, 6.45) is 0.169. The highest BCUT2D eigenvalue weighted by atomic mass is 16.5. The molecule has 0 radical (unpaired) electrons. The molecule has 150 valence electrons. The minimum absolute atomic E-state index is 0.169. The van der Waals surface area contributed by atoms with Crippen molar-refractivity contribution in [3.63, 3.8) is 0 Å². The van der Waals surface area contributed by atoms with Crippen molar-refractivity contribution in [3.8, 4) is 5.75 Å². The Balaban J connectivity index is 1.54. The van der Waals surface area contributed by atoms with Crippen molar-refractivity contribution in [2.24, 2.45) is 0 Å². The van der Waals surface area contributed by atoms with Gasteiger partial charge in [-0.2, -0.15) is 0 Å². The van der Waals surface area contributed by atoms with E-state index in [0.29, 0.717) is 31.1 Å². The zero-order valence-corrected chi connectivity index (χ0v) is 16.3. The lowest BCUT2D eigenvalue weighted by Crippen LogP contribution is -2.42. The smallest absolute Gasteiger partial charge is 0.269 e. The molecule has 3 aromatic rings. The van der Waals surface area contributed by atoms with E-state index in [1.165, 1.54) is 0 Å². The molecule has 0 spiro atoms. The van der Waals surface area contributed by atoms with Gasteiger partial charge in [-0.25, -0.2) is 0 Å². The standard InChI is InChI=1S/C23H24N2O4/c1-2-28-13-14-29-20-11-6-10-19(15-20)23(27)25-24-22(26)16-18-9-5-8-17-7-3-4-12-21(17)18/h3-12,15H,2,13-14,16H2,1H3,(H,24,26)(H,25,27). The molecular formula is C23H24N2O4. The van der Waals surface area contributed by atoms with E-state index < -0.39 is 5.91 Å². The molecule has 3 rings (SSSR count). The van der Waals surface area contributed by atoms with Crippen LogP contribution in [0, 0.1) is 0 Å². The number of amides is 2. The van der Waals surface area contributed by atoms with Gasteiger partial charge in [0.25, 0.3) is 5.91 Å². The maximum atomic E-state index is 12.3. The molecule has 0 saturated heterocycles. The molecule has 0 fully saturated rings. The van der Waals surface area contributed by atoms with Gasteiger partial charge in [-0.15, -0.1) is 0 Å². The molecule has 3 aromatic carbocycles. The van der Waals surface area contributed by atoms with E-state index in [1.54, 1.807) is 24.3 Å². The van der Waals surface area contributed by atoms with Crippen LogP contribution in [0.5, 0.6) is 5.75 Å². The van der Waals surface area contributed by atoms with Crippen LogP contribution < -0.4 is 15.6 Å². The summed E-state index contributed by atoms with van der Waals surface area (Å²) in [7, 11) is 0. The third kappa shape index (κ3) is 5.80. The highest BCUT2D eigenvalue weighted by Gasteiger charge is 2.10. The highest BCUT2D eigenvalue weighted by molar-refractivity contribution is 5.96. The largest absolute Gasteiger partial charge is 0.491 e. The van der Waals surface area contributed by atoms with Gasteiger partial charge in [-0.1, -0.05) is 48.5 Å². The summed E-state index contributed by atoms with van der Waals surface area (Å²) in [4.78, 5) is 24.6. The van der Waals surface area contributed by atoms with Crippen LogP contribution in [-0.4, -0.2) is 31.6 Å². The van der Waals surface area contributed by atoms with Gasteiger partial charge in [-0.05, 0) is 41.5 Å². The van der Waals surface area contributed by atoms with Crippen LogP contribution in [-0.2, 0) is 16.0 Å². The summed E-state index contributed by atoms with van der Waals surface area (Å²) in [5.74, 6) is -0.134. The topological polar surface area (TPSA) is 76.7 Å². The Kier molecular flexibility index (Phi) is 7.19. The van der Waals surface area contributed by atoms with Crippen molar-refractivity contribution in [2.75, 3.05) is 19.8 Å². The van der Waals surface area contributed by atoms with Gasteiger partial charge >= 0.3 is 0 Å². The van der Waals surface area contributed by atoms with Crippen molar-refractivity contribution in [3.05, 3.63) is 77.9 Å². The summed E-state index contributed by atoms with van der Waals surface area (Å²) < 4.78 is 10.8. The number of carbonyl (C=O) groups is 2. The van der Waals surface area contributed by atoms with E-state index in [9.17, 15) is 9.59 Å². The molecule has 0 atom stereocenters. The molecule has 0 heterocycles. The Morgan fingerprint density at radius 2 is 1.69 bits per heavy atom. The fourth-order valence-corrected chi connectivity index (χ4v) is 2.95. The molecule has 6 heteroatoms. The lowest BCUT2D eigenvalue weighted by atomic mass is 10.0. The fourth-order valence-electron chi connectivity index (χ4n) is 2.95. The number of hydrogen-bond donors (Lipinski definition) is 2. The minimum atomic E-state index is -0.411. The Bertz CT molecular complexity index is 982. The SMILES string of the molecule is CCOCCOc1cccc(C(=O)NNC(=O)Cc2cccc3ccccc23)c1. The lowest BCUT2D eigenvalue weighted by Gasteiger charge is -2.10. The van der Waals surface area contributed by atoms with Crippen LogP contribution in [0.4, 0.5) is 0 Å². The summed E-state index contributed by atoms with van der Waals surface area (Å²) in [5, 5.41) is 2.09. The van der Waals surface area contributed by atoms with Crippen molar-refractivity contribution in [2.45, 2.75) is 13.3 Å². The third-order valence-electron chi connectivity index (χ3n) is 4.34. The summed E-state index contributed by atoms with van der Waals surface area (Å²) in [6, 6.07) is 20.5. The second-order valence-corrected chi connectivity index (χ2v) is 6.39. The summed E-state index contributed by atoms with van der Waals surface area (Å²) in [6.45, 7) is 3.43. The first-order valence-electron chi connectivity index (χ1n) is 9.54. The van der Waals surface area contributed by atoms with E-state index in [4.69, 9.17) is 9.47 Å². The molecule has 2 amide bonds. The van der Waals surface area contributed by atoms with Crippen molar-refractivity contribution < 1.29 is 19.1 Å². The number of fused-ring (bicyclic) bond motifs is 1. The number of hydrazine groups is 1. The quantitative estimate of drug-likeness (QED) is 0.456. The van der Waals surface area contributed by atoms with Crippen LogP contribution in [0.3, 0.4) is 0 Å². The maximum absolute atomic E-state index is 12.3. The van der Waals surface area contributed by atoms with Gasteiger partial charge < -0.3 is 9.47 Å². The Morgan fingerprint density at radius 3 is 2.55 bits per heavy atom. The zero-order chi connectivity index (χ0) is 20.5. The average molecular weight is 392 g/mol. The first kappa shape index (κ1) is 20.4. The summed E-state index contributed by atoms with van der Waals surface area (Å²) in [5.41, 5.74) is 6.22. The van der Waals surface area contributed by atoms with Crippen LogP contribution in [0.2, 0.25) is 0 Å². The van der Waals surface area contributed by atoms with Crippen LogP contribution in [0.1, 0.15) is 22.8 Å². The predicted octanol–water partition coefficient (Wildman–Crippen LogP) is 3.26. The number of nitrogens with one attached hydrogen (secondary N) is 2. The zero-order valence-electron chi connectivity index (χ0n) is 16.3. The Hall–Kier alpha value is -3.38. The van der Waals surface area contributed by atoms with Gasteiger partial charge in [0.05, 0.1) is 13.0 Å². The van der Waals surface area contributed by atoms with Crippen LogP contribution in [0.25, 0.3) is 10.8 Å². The predicted molar refractivity (Wildman–Crippen MR) is 112 cm³/mol. The van der Waals surface area contributed by atoms with Gasteiger partial charge in [0, 0.05) is 12.2 Å². The molecule has 0 unspecified atom stereocenters. The minimum Gasteiger partial charge on any atom is -0.491 e. The first-order chi connectivity index (χ1) is 14.2. The van der Waals surface area contributed by atoms with E-state index in [0.717, 1.165) is 16.3 Å². The summed E-state index contributed by atoms with van der Waals surface area (Å²) >= 11 is 0. The number of carbonyl (C=O) groups excluding carboxylic acids is 2. The Labute approximate surface area is 169 Å². The number of benzene rings is 3. The molecule has 6 nitrogen and oxygen atoms in total. The lowest BCUT2D eigenvalue weighted by molar-refractivity contribution is -0.121. The van der Waals surface area contributed by atoms with Gasteiger partial charge in [-0.3, -0.25) is 20.4 Å². The van der Waals surface area contributed by atoms with Gasteiger partial charge in [0.2, 0.25) is 5.91 Å². The average Bonchev–Trinajstić information content (AvgIpc) is 2.75. The molecule has 0 aliphatic carbocycles. The molecule has 2 N–H and O–H groups in total. The van der Waals surface area contributed by atoms with Crippen LogP contribution in [0.15, 0.2) is 66.7 Å². The Morgan fingerprint density at radius 1 is 0.897 bits per heavy atom. The number of ether oxygens (including phenoxy) is 2. The molecule has 0 aliphatic rings. The van der Waals surface area contributed by atoms with Crippen molar-refractivity contribution in [1.82, 2.24) is 10.9 Å². The molecule has 0 aromatic heterocycles. The maximum Gasteiger partial charge on any atom is 0.269 e. The number of rotatable bonds is 8. The van der Waals surface area contributed by atoms with Crippen LogP contribution >= 0.6 is 0 Å². The van der Waals surface area contributed by atoms with Crippen molar-refractivity contribution >= 4 is 22.6 Å². The second kappa shape index (κ2) is 10.2. The van der Waals surface area contributed by atoms with Gasteiger partial charge in [0.15, 0.2) is 0 Å². The normalized spacial score (nSPS) is 10.5. The fraction of sp³-hybridized carbons (Fsp3) is 0.217. The molecule has 0 aliphatic heterocycles. The highest BCUT2D eigenvalue weighted by Crippen LogP contribution is 2.18. The van der Waals surface area contributed by atoms with Gasteiger partial charge in [0.1, 0.15) is 12.4 Å². The first-order valence-corrected chi connectivity index (χ1v) is 9.54. The third-order valence-corrected chi connectivity index (χ3v) is 4.34. The monoisotopic (exact) mass is 392 g/mol. The second-order valence-electron chi connectivity index (χ2n) is 6.39. The van der Waals surface area contributed by atoms with Crippen molar-refractivity contribution in [1.29, 1.82) is 0 Å². The number of hydrogen-bond acceptors (Lipinski definition) is 4. The van der Waals surface area contributed by atoms with E-state index in [-0.39, 0.29) is 12.3 Å². The van der Waals surface area contributed by atoms with E-state index >= 15 is 0 Å². The molecule has 0 bridgehead atoms. The molecule has 0 saturated carbocycles. The van der Waals surface area contributed by atoms with E-state index in [2.05, 4.69) is 10.9 Å². The molecular weight excluding hydrogens is 368 g/mol.